The van der Waals surface area contributed by atoms with Crippen LogP contribution in [0.15, 0.2) is 72.1 Å². The summed E-state index contributed by atoms with van der Waals surface area (Å²) in [6, 6.07) is 16.9. The van der Waals surface area contributed by atoms with E-state index in [4.69, 9.17) is 0 Å². The number of aromatic nitrogens is 4. The van der Waals surface area contributed by atoms with Gasteiger partial charge >= 0.3 is 0 Å². The number of hydrogen-bond acceptors (Lipinski definition) is 6. The lowest BCUT2D eigenvalue weighted by atomic mass is 10.1. The number of rotatable bonds is 7. The Morgan fingerprint density at radius 1 is 1.06 bits per heavy atom. The average Bonchev–Trinajstić information content (AvgIpc) is 3.18. The topological polar surface area (TPSA) is 89.8 Å². The van der Waals surface area contributed by atoms with Gasteiger partial charge in [-0.3, -0.25) is 9.59 Å². The molecule has 0 aliphatic rings. The number of Topliss-reactive ketones (excluding diaryl/α,β-unsaturated/α-hetero) is 1. The minimum Gasteiger partial charge on any atom is -0.325 e. The van der Waals surface area contributed by atoms with Gasteiger partial charge in [-0.15, -0.1) is 0 Å². The molecule has 0 saturated heterocycles. The third-order valence-electron chi connectivity index (χ3n) is 4.79. The largest absolute Gasteiger partial charge is 0.325 e. The lowest BCUT2D eigenvalue weighted by Gasteiger charge is -2.12. The molecule has 0 bridgehead atoms. The van der Waals surface area contributed by atoms with Gasteiger partial charge in [0.2, 0.25) is 5.91 Å². The van der Waals surface area contributed by atoms with E-state index in [1.54, 1.807) is 30.5 Å². The van der Waals surface area contributed by atoms with Crippen LogP contribution in [-0.4, -0.2) is 36.7 Å². The summed E-state index contributed by atoms with van der Waals surface area (Å²) in [5.74, 6) is -0.161. The highest BCUT2D eigenvalue weighted by Crippen LogP contribution is 2.28. The molecule has 2 heterocycles. The first-order valence-corrected chi connectivity index (χ1v) is 10.7. The molecule has 1 atom stereocenters. The fourth-order valence-corrected chi connectivity index (χ4v) is 3.97. The average molecular weight is 432 g/mol. The normalized spacial score (nSPS) is 11.9. The van der Waals surface area contributed by atoms with Crippen LogP contribution in [0.2, 0.25) is 0 Å². The third-order valence-corrected chi connectivity index (χ3v) is 5.91. The second-order valence-electron chi connectivity index (χ2n) is 7.09. The molecule has 4 aromatic rings. The maximum atomic E-state index is 12.7. The smallest absolute Gasteiger partial charge is 0.237 e. The Hall–Kier alpha value is -3.52. The van der Waals surface area contributed by atoms with Crippen LogP contribution in [0.3, 0.4) is 0 Å². The molecule has 8 heteroatoms. The number of fused-ring (bicyclic) bond motifs is 1. The number of ketones is 1. The second kappa shape index (κ2) is 9.09. The molecular weight excluding hydrogens is 410 g/mol. The first-order valence-electron chi connectivity index (χ1n) is 9.80. The number of carbonyl (C=O) groups excluding carboxylic acids is 2. The molecule has 7 nitrogen and oxygen atoms in total. The highest BCUT2D eigenvalue weighted by Gasteiger charge is 2.19. The molecule has 0 radical (unpaired) electrons. The second-order valence-corrected chi connectivity index (χ2v) is 8.42. The summed E-state index contributed by atoms with van der Waals surface area (Å²) >= 11 is 1.36. The zero-order valence-corrected chi connectivity index (χ0v) is 18.0. The molecular formula is C23H21N5O2S. The van der Waals surface area contributed by atoms with Crippen molar-refractivity contribution < 1.29 is 9.59 Å². The number of carbonyl (C=O) groups is 2. The SMILES string of the molecule is CC(=O)c1ccc(NC(=O)C(C)Sc2ncnc3c2cnn3Cc2ccccc2)cc1. The minimum absolute atomic E-state index is 0.0117. The third kappa shape index (κ3) is 4.80. The van der Waals surface area contributed by atoms with Crippen molar-refractivity contribution >= 4 is 40.2 Å². The van der Waals surface area contributed by atoms with Gasteiger partial charge in [0.15, 0.2) is 11.4 Å². The van der Waals surface area contributed by atoms with Crippen LogP contribution in [0, 0.1) is 0 Å². The van der Waals surface area contributed by atoms with Crippen molar-refractivity contribution in [3.8, 4) is 0 Å². The molecule has 0 aliphatic carbocycles. The number of nitrogens with one attached hydrogen (secondary N) is 1. The standard InChI is InChI=1S/C23H21N5O2S/c1-15(29)18-8-10-19(11-9-18)27-22(30)16(2)31-23-20-12-26-28(21(20)24-14-25-23)13-17-6-4-3-5-7-17/h3-12,14,16H,13H2,1-2H3,(H,27,30). The Labute approximate surface area is 183 Å². The van der Waals surface area contributed by atoms with Crippen molar-refractivity contribution in [2.45, 2.75) is 30.7 Å². The van der Waals surface area contributed by atoms with Crippen LogP contribution in [0.25, 0.3) is 11.0 Å². The number of benzene rings is 2. The van der Waals surface area contributed by atoms with Gasteiger partial charge in [-0.2, -0.15) is 5.10 Å². The van der Waals surface area contributed by atoms with E-state index in [1.807, 2.05) is 41.9 Å². The van der Waals surface area contributed by atoms with Gasteiger partial charge in [-0.25, -0.2) is 14.6 Å². The van der Waals surface area contributed by atoms with E-state index in [1.165, 1.54) is 25.0 Å². The molecule has 156 valence electrons. The predicted molar refractivity (Wildman–Crippen MR) is 121 cm³/mol. The number of thioether (sulfide) groups is 1. The number of anilines is 1. The van der Waals surface area contributed by atoms with E-state index in [2.05, 4.69) is 20.4 Å². The molecule has 4 rings (SSSR count). The van der Waals surface area contributed by atoms with Crippen molar-refractivity contribution in [3.05, 3.63) is 78.2 Å². The Morgan fingerprint density at radius 3 is 2.52 bits per heavy atom. The van der Waals surface area contributed by atoms with Crippen LogP contribution in [-0.2, 0) is 11.3 Å². The summed E-state index contributed by atoms with van der Waals surface area (Å²) in [6.45, 7) is 3.95. The fraction of sp³-hybridized carbons (Fsp3) is 0.174. The molecule has 0 aliphatic heterocycles. The Bertz CT molecular complexity index is 1220. The Balaban J connectivity index is 1.47. The molecule has 2 aromatic heterocycles. The minimum atomic E-state index is -0.386. The Morgan fingerprint density at radius 2 is 1.81 bits per heavy atom. The van der Waals surface area contributed by atoms with Crippen LogP contribution in [0.4, 0.5) is 5.69 Å². The first-order chi connectivity index (χ1) is 15.0. The van der Waals surface area contributed by atoms with E-state index in [9.17, 15) is 9.59 Å². The molecule has 1 N–H and O–H groups in total. The van der Waals surface area contributed by atoms with E-state index in [0.717, 1.165) is 16.6 Å². The molecule has 31 heavy (non-hydrogen) atoms. The quantitative estimate of drug-likeness (QED) is 0.268. The highest BCUT2D eigenvalue weighted by molar-refractivity contribution is 8.00. The van der Waals surface area contributed by atoms with E-state index in [-0.39, 0.29) is 16.9 Å². The summed E-state index contributed by atoms with van der Waals surface area (Å²) in [4.78, 5) is 32.8. The summed E-state index contributed by atoms with van der Waals surface area (Å²) in [7, 11) is 0. The molecule has 1 amide bonds. The van der Waals surface area contributed by atoms with Gasteiger partial charge in [0.1, 0.15) is 11.4 Å². The first kappa shape index (κ1) is 20.7. The van der Waals surface area contributed by atoms with Gasteiger partial charge in [-0.1, -0.05) is 42.1 Å². The number of nitrogens with zero attached hydrogens (tertiary/aromatic N) is 4. The maximum absolute atomic E-state index is 12.7. The molecule has 1 unspecified atom stereocenters. The van der Waals surface area contributed by atoms with Crippen molar-refractivity contribution in [1.29, 1.82) is 0 Å². The zero-order chi connectivity index (χ0) is 21.8. The number of hydrogen-bond donors (Lipinski definition) is 1. The predicted octanol–water partition coefficient (Wildman–Crippen LogP) is 4.20. The highest BCUT2D eigenvalue weighted by atomic mass is 32.2. The molecule has 2 aromatic carbocycles. The van der Waals surface area contributed by atoms with E-state index >= 15 is 0 Å². The Kier molecular flexibility index (Phi) is 6.08. The lowest BCUT2D eigenvalue weighted by Crippen LogP contribution is -2.22. The monoisotopic (exact) mass is 431 g/mol. The fourth-order valence-electron chi connectivity index (χ4n) is 3.09. The van der Waals surface area contributed by atoms with Gasteiger partial charge in [-0.05, 0) is 43.7 Å². The van der Waals surface area contributed by atoms with Crippen LogP contribution >= 0.6 is 11.8 Å². The van der Waals surface area contributed by atoms with Crippen molar-refractivity contribution in [1.82, 2.24) is 19.7 Å². The van der Waals surface area contributed by atoms with Gasteiger partial charge < -0.3 is 5.32 Å². The molecule has 0 spiro atoms. The van der Waals surface area contributed by atoms with E-state index in [0.29, 0.717) is 22.8 Å². The van der Waals surface area contributed by atoms with Crippen molar-refractivity contribution in [2.24, 2.45) is 0 Å². The van der Waals surface area contributed by atoms with Gasteiger partial charge in [0.25, 0.3) is 0 Å². The maximum Gasteiger partial charge on any atom is 0.237 e. The van der Waals surface area contributed by atoms with Crippen LogP contribution in [0.1, 0.15) is 29.8 Å². The molecule has 0 fully saturated rings. The van der Waals surface area contributed by atoms with Gasteiger partial charge in [0.05, 0.1) is 23.4 Å². The molecule has 0 saturated carbocycles. The lowest BCUT2D eigenvalue weighted by molar-refractivity contribution is -0.115. The summed E-state index contributed by atoms with van der Waals surface area (Å²) in [6.07, 6.45) is 3.24. The summed E-state index contributed by atoms with van der Waals surface area (Å²) in [5.41, 5.74) is 3.11. The number of amides is 1. The zero-order valence-electron chi connectivity index (χ0n) is 17.1. The van der Waals surface area contributed by atoms with Gasteiger partial charge in [0, 0.05) is 11.3 Å². The summed E-state index contributed by atoms with van der Waals surface area (Å²) < 4.78 is 1.83. The van der Waals surface area contributed by atoms with Crippen molar-refractivity contribution in [3.63, 3.8) is 0 Å². The van der Waals surface area contributed by atoms with Crippen molar-refractivity contribution in [2.75, 3.05) is 5.32 Å². The summed E-state index contributed by atoms with van der Waals surface area (Å²) in [5, 5.41) is 8.48. The van der Waals surface area contributed by atoms with Crippen LogP contribution in [0.5, 0.6) is 0 Å². The van der Waals surface area contributed by atoms with Crippen LogP contribution < -0.4 is 5.32 Å². The van der Waals surface area contributed by atoms with E-state index < -0.39 is 0 Å².